The summed E-state index contributed by atoms with van der Waals surface area (Å²) in [5.41, 5.74) is -0.422. The van der Waals surface area contributed by atoms with E-state index in [-0.39, 0.29) is 18.5 Å². The number of allylic oxidation sites excluding steroid dienone is 1. The molecule has 0 amide bonds. The van der Waals surface area contributed by atoms with Crippen LogP contribution in [0.25, 0.3) is 0 Å². The van der Waals surface area contributed by atoms with Gasteiger partial charge in [-0.05, 0) is 78.2 Å². The number of nitrogens with one attached hydrogen (secondary N) is 1. The summed E-state index contributed by atoms with van der Waals surface area (Å²) in [6.07, 6.45) is 9.22. The molecule has 0 aromatic heterocycles. The number of hydrogen-bond acceptors (Lipinski definition) is 5. The number of carbonyl (C=O) groups excluding carboxylic acids is 2. The molecule has 1 N–H and O–H groups in total. The summed E-state index contributed by atoms with van der Waals surface area (Å²) in [6, 6.07) is 0. The van der Waals surface area contributed by atoms with E-state index in [1.165, 1.54) is 12.8 Å². The largest absolute Gasteiger partial charge is 0.463 e. The molecule has 0 radical (unpaired) electrons. The minimum atomic E-state index is -0.422. The first-order chi connectivity index (χ1) is 11.3. The van der Waals surface area contributed by atoms with Gasteiger partial charge in [0.05, 0.1) is 13.2 Å². The first kappa shape index (κ1) is 20.7. The van der Waals surface area contributed by atoms with E-state index < -0.39 is 5.60 Å². The fourth-order valence-corrected chi connectivity index (χ4v) is 2.95. The second-order valence-electron chi connectivity index (χ2n) is 7.44. The van der Waals surface area contributed by atoms with Gasteiger partial charge in [-0.2, -0.15) is 0 Å². The third kappa shape index (κ3) is 9.71. The van der Waals surface area contributed by atoms with Gasteiger partial charge in [-0.25, -0.2) is 4.79 Å². The van der Waals surface area contributed by atoms with Gasteiger partial charge in [-0.3, -0.25) is 4.79 Å². The summed E-state index contributed by atoms with van der Waals surface area (Å²) in [5, 5.41) is 3.17. The number of carbonyl (C=O) groups is 2. The Bertz CT molecular complexity index is 418. The molecule has 0 aromatic carbocycles. The first-order valence-electron chi connectivity index (χ1n) is 9.07. The molecule has 1 aliphatic rings. The van der Waals surface area contributed by atoms with Crippen LogP contribution in [0.3, 0.4) is 0 Å². The minimum Gasteiger partial charge on any atom is -0.463 e. The van der Waals surface area contributed by atoms with Crippen LogP contribution in [0.2, 0.25) is 0 Å². The maximum Gasteiger partial charge on any atom is 0.330 e. The van der Waals surface area contributed by atoms with Gasteiger partial charge in [0.1, 0.15) is 5.60 Å². The summed E-state index contributed by atoms with van der Waals surface area (Å²) < 4.78 is 10.2. The molecule has 138 valence electrons. The quantitative estimate of drug-likeness (QED) is 0.418. The van der Waals surface area contributed by atoms with E-state index in [4.69, 9.17) is 9.47 Å². The molecule has 5 heteroatoms. The Morgan fingerprint density at radius 2 is 1.83 bits per heavy atom. The predicted octanol–water partition coefficient (Wildman–Crippen LogP) is 3.23. The lowest BCUT2D eigenvalue weighted by Crippen LogP contribution is -2.32. The Kier molecular flexibility index (Phi) is 9.04. The highest BCUT2D eigenvalue weighted by atomic mass is 16.6. The van der Waals surface area contributed by atoms with E-state index in [1.54, 1.807) is 6.08 Å². The van der Waals surface area contributed by atoms with Gasteiger partial charge >= 0.3 is 11.9 Å². The van der Waals surface area contributed by atoms with E-state index in [2.05, 4.69) is 5.32 Å². The first-order valence-corrected chi connectivity index (χ1v) is 9.07. The predicted molar refractivity (Wildman–Crippen MR) is 94.6 cm³/mol. The Hall–Kier alpha value is -1.36. The minimum absolute atomic E-state index is 0.199. The third-order valence-corrected chi connectivity index (χ3v) is 4.10. The number of hydrogen-bond donors (Lipinski definition) is 1. The average molecular weight is 339 g/mol. The van der Waals surface area contributed by atoms with Crippen LogP contribution in [0.15, 0.2) is 12.2 Å². The van der Waals surface area contributed by atoms with E-state index in [0.29, 0.717) is 18.4 Å². The lowest BCUT2D eigenvalue weighted by atomic mass is 9.80. The molecular weight excluding hydrogens is 306 g/mol. The van der Waals surface area contributed by atoms with Gasteiger partial charge in [0.2, 0.25) is 0 Å². The van der Waals surface area contributed by atoms with E-state index in [0.717, 1.165) is 25.8 Å². The molecule has 24 heavy (non-hydrogen) atoms. The Morgan fingerprint density at radius 1 is 1.17 bits per heavy atom. The van der Waals surface area contributed by atoms with Crippen molar-refractivity contribution >= 4 is 11.9 Å². The fraction of sp³-hybridized carbons (Fsp3) is 0.789. The van der Waals surface area contributed by atoms with Crippen molar-refractivity contribution in [3.63, 3.8) is 0 Å². The maximum atomic E-state index is 11.6. The van der Waals surface area contributed by atoms with Crippen molar-refractivity contribution < 1.29 is 19.1 Å². The van der Waals surface area contributed by atoms with Crippen molar-refractivity contribution in [3.05, 3.63) is 12.2 Å². The van der Waals surface area contributed by atoms with Gasteiger partial charge in [-0.1, -0.05) is 6.08 Å². The van der Waals surface area contributed by atoms with Crippen molar-refractivity contribution in [1.82, 2.24) is 5.32 Å². The molecule has 1 saturated carbocycles. The molecule has 0 aliphatic heterocycles. The van der Waals surface area contributed by atoms with Crippen LogP contribution in [0.1, 0.15) is 59.8 Å². The van der Waals surface area contributed by atoms with Gasteiger partial charge < -0.3 is 14.8 Å². The smallest absolute Gasteiger partial charge is 0.330 e. The van der Waals surface area contributed by atoms with Crippen LogP contribution in [-0.4, -0.2) is 37.2 Å². The van der Waals surface area contributed by atoms with E-state index in [9.17, 15) is 9.59 Å². The Morgan fingerprint density at radius 3 is 2.42 bits per heavy atom. The summed E-state index contributed by atoms with van der Waals surface area (Å²) in [7, 11) is 0. The van der Waals surface area contributed by atoms with Crippen LogP contribution in [-0.2, 0) is 19.1 Å². The normalized spacial score (nSPS) is 21.7. The van der Waals surface area contributed by atoms with Crippen molar-refractivity contribution in [2.75, 3.05) is 19.7 Å². The lowest BCUT2D eigenvalue weighted by Gasteiger charge is -2.26. The lowest BCUT2D eigenvalue weighted by molar-refractivity contribution is -0.153. The average Bonchev–Trinajstić information content (AvgIpc) is 2.49. The van der Waals surface area contributed by atoms with Gasteiger partial charge in [0.25, 0.3) is 0 Å². The second kappa shape index (κ2) is 10.5. The standard InChI is InChI=1S/C19H33NO4/c1-5-23-17(21)11-10-15-6-8-16(9-7-15)12-13-20-14-18(22)24-19(2,3)4/h10-11,15-16,20H,5-9,12-14H2,1-4H3. The summed E-state index contributed by atoms with van der Waals surface area (Å²) in [5.74, 6) is 0.741. The molecule has 0 unspecified atom stereocenters. The van der Waals surface area contributed by atoms with Gasteiger partial charge in [-0.15, -0.1) is 0 Å². The molecule has 1 rings (SSSR count). The zero-order chi connectivity index (χ0) is 18.0. The molecule has 0 saturated heterocycles. The molecule has 1 aliphatic carbocycles. The topological polar surface area (TPSA) is 64.6 Å². The molecule has 0 bridgehead atoms. The van der Waals surface area contributed by atoms with Gasteiger partial charge in [0.15, 0.2) is 0 Å². The summed E-state index contributed by atoms with van der Waals surface area (Å²) in [6.45, 7) is 8.97. The zero-order valence-electron chi connectivity index (χ0n) is 15.6. The summed E-state index contributed by atoms with van der Waals surface area (Å²) >= 11 is 0. The molecule has 1 fully saturated rings. The maximum absolute atomic E-state index is 11.6. The van der Waals surface area contributed by atoms with Crippen molar-refractivity contribution in [3.8, 4) is 0 Å². The Balaban J connectivity index is 2.12. The van der Waals surface area contributed by atoms with Crippen LogP contribution < -0.4 is 5.32 Å². The second-order valence-corrected chi connectivity index (χ2v) is 7.44. The van der Waals surface area contributed by atoms with Crippen molar-refractivity contribution in [2.24, 2.45) is 11.8 Å². The van der Waals surface area contributed by atoms with Crippen LogP contribution >= 0.6 is 0 Å². The highest BCUT2D eigenvalue weighted by molar-refractivity contribution is 5.81. The Labute approximate surface area is 146 Å². The van der Waals surface area contributed by atoms with E-state index >= 15 is 0 Å². The summed E-state index contributed by atoms with van der Waals surface area (Å²) in [4.78, 5) is 22.9. The fourth-order valence-electron chi connectivity index (χ4n) is 2.95. The molecule has 0 atom stereocenters. The number of ether oxygens (including phenoxy) is 2. The molecule has 0 aromatic rings. The van der Waals surface area contributed by atoms with Crippen LogP contribution in [0, 0.1) is 11.8 Å². The van der Waals surface area contributed by atoms with Crippen molar-refractivity contribution in [1.29, 1.82) is 0 Å². The number of esters is 2. The molecule has 0 heterocycles. The zero-order valence-corrected chi connectivity index (χ0v) is 15.6. The molecular formula is C19H33NO4. The van der Waals surface area contributed by atoms with Crippen LogP contribution in [0.5, 0.6) is 0 Å². The molecule has 0 spiro atoms. The van der Waals surface area contributed by atoms with Gasteiger partial charge in [0, 0.05) is 6.08 Å². The highest BCUT2D eigenvalue weighted by Gasteiger charge is 2.20. The highest BCUT2D eigenvalue weighted by Crippen LogP contribution is 2.31. The SMILES string of the molecule is CCOC(=O)C=CC1CCC(CCNCC(=O)OC(C)(C)C)CC1. The molecule has 5 nitrogen and oxygen atoms in total. The number of rotatable bonds is 8. The monoisotopic (exact) mass is 339 g/mol. The van der Waals surface area contributed by atoms with Crippen LogP contribution in [0.4, 0.5) is 0 Å². The van der Waals surface area contributed by atoms with Crippen molar-refractivity contribution in [2.45, 2.75) is 65.4 Å². The third-order valence-electron chi connectivity index (χ3n) is 4.10. The van der Waals surface area contributed by atoms with E-state index in [1.807, 2.05) is 33.8 Å².